The molecule has 0 spiro atoms. The molecule has 98 valence electrons. The fraction of sp³-hybridized carbons (Fsp3) is 0.250. The van der Waals surface area contributed by atoms with E-state index in [4.69, 9.17) is 16.0 Å². The van der Waals surface area contributed by atoms with E-state index in [1.54, 1.807) is 24.5 Å². The normalized spacial score (nSPS) is 11.3. The van der Waals surface area contributed by atoms with Crippen LogP contribution in [0.2, 0.25) is 5.02 Å². The van der Waals surface area contributed by atoms with E-state index in [0.717, 1.165) is 12.2 Å². The number of pyridine rings is 1. The first-order valence-electron chi connectivity index (χ1n) is 5.86. The number of nitrogens with zero attached hydrogens (tertiary/aromatic N) is 4. The van der Waals surface area contributed by atoms with Crippen LogP contribution in [0.1, 0.15) is 18.6 Å². The Balaban J connectivity index is 2.03. The van der Waals surface area contributed by atoms with Crippen molar-refractivity contribution in [3.05, 3.63) is 51.7 Å². The SMILES string of the molecule is CCc1cnc(Cn2nc3c(Cl)cccn3c2=O)o1. The van der Waals surface area contributed by atoms with Gasteiger partial charge in [0.1, 0.15) is 12.3 Å². The van der Waals surface area contributed by atoms with Gasteiger partial charge in [0.25, 0.3) is 0 Å². The van der Waals surface area contributed by atoms with E-state index >= 15 is 0 Å². The Hall–Kier alpha value is -2.08. The van der Waals surface area contributed by atoms with Gasteiger partial charge in [-0.05, 0) is 12.1 Å². The van der Waals surface area contributed by atoms with Crippen LogP contribution in [0.4, 0.5) is 0 Å². The summed E-state index contributed by atoms with van der Waals surface area (Å²) in [7, 11) is 0. The fourth-order valence-corrected chi connectivity index (χ4v) is 2.02. The molecule has 3 heterocycles. The van der Waals surface area contributed by atoms with Crippen molar-refractivity contribution in [3.63, 3.8) is 0 Å². The van der Waals surface area contributed by atoms with E-state index in [9.17, 15) is 4.79 Å². The van der Waals surface area contributed by atoms with Crippen LogP contribution >= 0.6 is 11.6 Å². The van der Waals surface area contributed by atoms with E-state index in [-0.39, 0.29) is 12.2 Å². The lowest BCUT2D eigenvalue weighted by molar-refractivity contribution is 0.433. The van der Waals surface area contributed by atoms with Crippen LogP contribution in [0.5, 0.6) is 0 Å². The van der Waals surface area contributed by atoms with Crippen LogP contribution in [-0.2, 0) is 13.0 Å². The molecule has 3 aromatic heterocycles. The van der Waals surface area contributed by atoms with Crippen molar-refractivity contribution in [1.29, 1.82) is 0 Å². The Kier molecular flexibility index (Phi) is 2.87. The van der Waals surface area contributed by atoms with Gasteiger partial charge in [-0.1, -0.05) is 18.5 Å². The van der Waals surface area contributed by atoms with Gasteiger partial charge in [0.2, 0.25) is 5.89 Å². The smallest absolute Gasteiger partial charge is 0.350 e. The lowest BCUT2D eigenvalue weighted by Crippen LogP contribution is -2.21. The average Bonchev–Trinajstić information content (AvgIpc) is 2.98. The summed E-state index contributed by atoms with van der Waals surface area (Å²) in [6.07, 6.45) is 4.04. The minimum atomic E-state index is -0.270. The molecule has 0 amide bonds. The fourth-order valence-electron chi connectivity index (χ4n) is 1.82. The summed E-state index contributed by atoms with van der Waals surface area (Å²) < 4.78 is 8.14. The number of rotatable bonds is 3. The highest BCUT2D eigenvalue weighted by atomic mass is 35.5. The number of hydrogen-bond acceptors (Lipinski definition) is 4. The van der Waals surface area contributed by atoms with Crippen molar-refractivity contribution in [1.82, 2.24) is 19.2 Å². The highest BCUT2D eigenvalue weighted by Gasteiger charge is 2.12. The molecule has 6 nitrogen and oxygen atoms in total. The predicted molar refractivity (Wildman–Crippen MR) is 69.4 cm³/mol. The lowest BCUT2D eigenvalue weighted by Gasteiger charge is -1.93. The Morgan fingerprint density at radius 3 is 3.00 bits per heavy atom. The third-order valence-electron chi connectivity index (χ3n) is 2.80. The Bertz CT molecular complexity index is 786. The largest absolute Gasteiger partial charge is 0.444 e. The van der Waals surface area contributed by atoms with Crippen molar-refractivity contribution in [2.45, 2.75) is 19.9 Å². The van der Waals surface area contributed by atoms with Crippen molar-refractivity contribution in [2.75, 3.05) is 0 Å². The summed E-state index contributed by atoms with van der Waals surface area (Å²) in [5.41, 5.74) is 0.158. The molecule has 0 N–H and O–H groups in total. The van der Waals surface area contributed by atoms with Gasteiger partial charge in [-0.3, -0.25) is 0 Å². The quantitative estimate of drug-likeness (QED) is 0.732. The zero-order chi connectivity index (χ0) is 13.4. The second kappa shape index (κ2) is 4.55. The van der Waals surface area contributed by atoms with Crippen molar-refractivity contribution in [3.8, 4) is 0 Å². The second-order valence-corrected chi connectivity index (χ2v) is 4.47. The van der Waals surface area contributed by atoms with Gasteiger partial charge in [-0.25, -0.2) is 18.9 Å². The number of hydrogen-bond donors (Lipinski definition) is 0. The summed E-state index contributed by atoms with van der Waals surface area (Å²) in [5.74, 6) is 1.24. The van der Waals surface area contributed by atoms with Gasteiger partial charge in [0, 0.05) is 12.6 Å². The highest BCUT2D eigenvalue weighted by Crippen LogP contribution is 2.13. The van der Waals surface area contributed by atoms with E-state index in [2.05, 4.69) is 10.1 Å². The van der Waals surface area contributed by atoms with E-state index in [0.29, 0.717) is 16.6 Å². The number of aromatic nitrogens is 4. The van der Waals surface area contributed by atoms with Gasteiger partial charge in [0.15, 0.2) is 5.65 Å². The molecule has 0 atom stereocenters. The second-order valence-electron chi connectivity index (χ2n) is 4.06. The Morgan fingerprint density at radius 1 is 1.47 bits per heavy atom. The topological polar surface area (TPSA) is 65.3 Å². The van der Waals surface area contributed by atoms with E-state index in [1.807, 2.05) is 6.92 Å². The van der Waals surface area contributed by atoms with Crippen LogP contribution in [0.3, 0.4) is 0 Å². The minimum Gasteiger partial charge on any atom is -0.444 e. The van der Waals surface area contributed by atoms with Crippen LogP contribution in [0.25, 0.3) is 5.65 Å². The van der Waals surface area contributed by atoms with Crippen molar-refractivity contribution in [2.24, 2.45) is 0 Å². The molecule has 0 aromatic carbocycles. The van der Waals surface area contributed by atoms with Gasteiger partial charge in [-0.2, -0.15) is 0 Å². The summed E-state index contributed by atoms with van der Waals surface area (Å²) in [5, 5.41) is 4.61. The first kappa shape index (κ1) is 12.0. The number of fused-ring (bicyclic) bond motifs is 1. The molecule has 7 heteroatoms. The molecule has 0 aliphatic heterocycles. The molecule has 3 aromatic rings. The maximum atomic E-state index is 12.1. The third-order valence-corrected chi connectivity index (χ3v) is 3.09. The summed E-state index contributed by atoms with van der Waals surface area (Å²) in [4.78, 5) is 16.2. The zero-order valence-electron chi connectivity index (χ0n) is 10.2. The average molecular weight is 279 g/mol. The monoisotopic (exact) mass is 278 g/mol. The molecule has 0 unspecified atom stereocenters. The number of halogens is 1. The van der Waals surface area contributed by atoms with E-state index in [1.165, 1.54) is 9.08 Å². The summed E-state index contributed by atoms with van der Waals surface area (Å²) in [6.45, 7) is 2.16. The van der Waals surface area contributed by atoms with Gasteiger partial charge >= 0.3 is 5.69 Å². The van der Waals surface area contributed by atoms with Crippen molar-refractivity contribution >= 4 is 17.2 Å². The summed E-state index contributed by atoms with van der Waals surface area (Å²) >= 11 is 6.00. The standard InChI is InChI=1S/C12H11ClN4O2/c1-2-8-6-14-10(19-8)7-17-12(18)16-5-3-4-9(13)11(16)15-17/h3-6H,2,7H2,1H3. The third kappa shape index (κ3) is 2.04. The van der Waals surface area contributed by atoms with E-state index < -0.39 is 0 Å². The molecule has 0 fully saturated rings. The van der Waals surface area contributed by atoms with Crippen LogP contribution < -0.4 is 5.69 Å². The summed E-state index contributed by atoms with van der Waals surface area (Å²) in [6, 6.07) is 3.39. The molecule has 0 aliphatic rings. The predicted octanol–water partition coefficient (Wildman–Crippen LogP) is 1.75. The van der Waals surface area contributed by atoms with Crippen molar-refractivity contribution < 1.29 is 4.42 Å². The van der Waals surface area contributed by atoms with Crippen LogP contribution in [0.15, 0.2) is 33.7 Å². The molecule has 0 saturated heterocycles. The first-order chi connectivity index (χ1) is 9.19. The maximum absolute atomic E-state index is 12.1. The first-order valence-corrected chi connectivity index (χ1v) is 6.24. The zero-order valence-corrected chi connectivity index (χ0v) is 11.0. The maximum Gasteiger partial charge on any atom is 0.350 e. The molecule has 3 rings (SSSR count). The molecule has 0 bridgehead atoms. The number of aryl methyl sites for hydroxylation is 1. The Morgan fingerprint density at radius 2 is 2.32 bits per heavy atom. The Labute approximate surface area is 113 Å². The minimum absolute atomic E-state index is 0.191. The molecular weight excluding hydrogens is 268 g/mol. The van der Waals surface area contributed by atoms with Gasteiger partial charge in [-0.15, -0.1) is 5.10 Å². The molecular formula is C12H11ClN4O2. The van der Waals surface area contributed by atoms with Crippen LogP contribution in [-0.4, -0.2) is 19.2 Å². The molecule has 0 aliphatic carbocycles. The molecule has 0 radical (unpaired) electrons. The molecule has 19 heavy (non-hydrogen) atoms. The van der Waals surface area contributed by atoms with Gasteiger partial charge < -0.3 is 4.42 Å². The van der Waals surface area contributed by atoms with Gasteiger partial charge in [0.05, 0.1) is 11.2 Å². The molecule has 0 saturated carbocycles. The lowest BCUT2D eigenvalue weighted by atomic mass is 10.4. The van der Waals surface area contributed by atoms with Crippen LogP contribution in [0, 0.1) is 0 Å². The number of oxazole rings is 1. The highest BCUT2D eigenvalue weighted by molar-refractivity contribution is 6.33.